The summed E-state index contributed by atoms with van der Waals surface area (Å²) in [7, 11) is 8.86. The summed E-state index contributed by atoms with van der Waals surface area (Å²) in [6.07, 6.45) is 15.4. The van der Waals surface area contributed by atoms with Crippen LogP contribution >= 0.6 is 11.8 Å². The molecule has 0 saturated carbocycles. The highest BCUT2D eigenvalue weighted by molar-refractivity contribution is 7.97. The van der Waals surface area contributed by atoms with E-state index < -0.39 is 12.1 Å². The molecule has 1 unspecified atom stereocenters. The second kappa shape index (κ2) is 109. The number of carboxylic acids is 1. The quantitative estimate of drug-likeness (QED) is 0.137. The molecular weight excluding hydrogens is 514 g/mol. The molecule has 0 amide bonds. The second-order valence-corrected chi connectivity index (χ2v) is 6.39. The first-order chi connectivity index (χ1) is 15.2. The summed E-state index contributed by atoms with van der Waals surface area (Å²) in [6, 6.07) is 0. The van der Waals surface area contributed by atoms with Gasteiger partial charge in [0.05, 0.1) is 19.3 Å². The number of carbonyl (C=O) groups is 1. The summed E-state index contributed by atoms with van der Waals surface area (Å²) in [4.78, 5) is 9.00. The zero-order valence-electron chi connectivity index (χ0n) is 22.4. The van der Waals surface area contributed by atoms with Crippen LogP contribution in [-0.2, 0) is 14.3 Å². The lowest BCUT2D eigenvalue weighted by atomic mass is 10.4. The Morgan fingerprint density at radius 3 is 1.38 bits per heavy atom. The lowest BCUT2D eigenvalue weighted by molar-refractivity contribution is -0.134. The maximum absolute atomic E-state index is 9.14. The Labute approximate surface area is 254 Å². The molecule has 0 aliphatic carbocycles. The molecule has 39 heavy (non-hydrogen) atoms. The van der Waals surface area contributed by atoms with Gasteiger partial charge < -0.3 is 35.6 Å². The van der Waals surface area contributed by atoms with E-state index >= 15 is 0 Å². The number of hydrogen-bond acceptors (Lipinski definition) is 8. The van der Waals surface area contributed by atoms with Crippen molar-refractivity contribution in [2.24, 2.45) is 0 Å². The molecule has 0 radical (unpaired) electrons. The predicted octanol–water partition coefficient (Wildman–Crippen LogP) is 7.47. The highest BCUT2D eigenvalue weighted by atomic mass is 32.2. The number of nitrogens with one attached hydrogen (secondary N) is 3. The topological polar surface area (TPSA) is 112 Å². The Kier molecular flexibility index (Phi) is 233. The van der Waals surface area contributed by atoms with Crippen LogP contribution in [-0.4, -0.2) is 96.5 Å². The van der Waals surface area contributed by atoms with E-state index in [0.717, 1.165) is 13.5 Å². The largest absolute Gasteiger partial charge is 0.481 e. The third kappa shape index (κ3) is 275. The molecule has 252 valence electrons. The van der Waals surface area contributed by atoms with Gasteiger partial charge in [-0.25, -0.2) is 0 Å². The predicted molar refractivity (Wildman–Crippen MR) is 191 cm³/mol. The normalized spacial score (nSPS) is 8.31. The molecule has 0 aromatic heterocycles. The minimum Gasteiger partial charge on any atom is -0.481 e. The fraction of sp³-hybridized carbons (Fsp3) is 0.767. The van der Waals surface area contributed by atoms with Crippen LogP contribution in [0.15, 0.2) is 36.6 Å². The van der Waals surface area contributed by atoms with Crippen LogP contribution in [0.1, 0.15) is 79.7 Å². The molecule has 9 heteroatoms. The highest BCUT2D eigenvalue weighted by Gasteiger charge is 1.99. The van der Waals surface area contributed by atoms with Crippen molar-refractivity contribution in [3.05, 3.63) is 36.6 Å². The van der Waals surface area contributed by atoms with Gasteiger partial charge in [-0.15, -0.1) is 0 Å². The van der Waals surface area contributed by atoms with Crippen molar-refractivity contribution in [3.8, 4) is 0 Å². The van der Waals surface area contributed by atoms with E-state index in [1.807, 2.05) is 77.9 Å². The minimum absolute atomic E-state index is 0. The molecule has 1 atom stereocenters. The van der Waals surface area contributed by atoms with Crippen LogP contribution in [0.2, 0.25) is 0 Å². The second-order valence-electron chi connectivity index (χ2n) is 5.57. The molecule has 5 N–H and O–H groups in total. The lowest BCUT2D eigenvalue weighted by Gasteiger charge is -2.08. The Balaban J connectivity index is -0.0000000195. The molecule has 0 aromatic carbocycles. The summed E-state index contributed by atoms with van der Waals surface area (Å²) in [5.41, 5.74) is 0. The van der Waals surface area contributed by atoms with Gasteiger partial charge in [0, 0.05) is 41.3 Å². The number of ether oxygens (including phenoxy) is 2. The number of aliphatic hydroxyl groups is 1. The third-order valence-corrected chi connectivity index (χ3v) is 2.09. The molecule has 0 aliphatic rings. The first-order valence-electron chi connectivity index (χ1n) is 10.3. The molecule has 0 rings (SSSR count). The van der Waals surface area contributed by atoms with Crippen molar-refractivity contribution in [1.82, 2.24) is 16.0 Å². The monoisotopic (exact) mass is 596 g/mol. The van der Waals surface area contributed by atoms with Crippen molar-refractivity contribution >= 4 is 17.7 Å². The molecular formula is C30H81N3O5S. The SMILES string of the molecule is C.C.C.C.C.C.C.CC(=O)O.CC=CCNC.CC=CCOCC(O)CNC.CC=CNC.COC.CSC. The van der Waals surface area contributed by atoms with Gasteiger partial charge in [0.1, 0.15) is 0 Å². The van der Waals surface area contributed by atoms with E-state index in [1.165, 1.54) is 0 Å². The summed E-state index contributed by atoms with van der Waals surface area (Å²) in [5.74, 6) is -0.833. The van der Waals surface area contributed by atoms with Crippen molar-refractivity contribution in [1.29, 1.82) is 0 Å². The van der Waals surface area contributed by atoms with Crippen molar-refractivity contribution in [2.75, 3.05) is 74.2 Å². The smallest absolute Gasteiger partial charge is 0.300 e. The summed E-state index contributed by atoms with van der Waals surface area (Å²) >= 11 is 1.75. The Bertz CT molecular complexity index is 367. The van der Waals surface area contributed by atoms with Gasteiger partial charge >= 0.3 is 0 Å². The van der Waals surface area contributed by atoms with Crippen molar-refractivity contribution in [3.63, 3.8) is 0 Å². The van der Waals surface area contributed by atoms with E-state index in [-0.39, 0.29) is 52.0 Å². The van der Waals surface area contributed by atoms with Crippen molar-refractivity contribution in [2.45, 2.75) is 85.8 Å². The third-order valence-electron chi connectivity index (χ3n) is 2.09. The molecule has 8 nitrogen and oxygen atoms in total. The molecule has 0 fully saturated rings. The average molecular weight is 596 g/mol. The van der Waals surface area contributed by atoms with Crippen LogP contribution in [0.4, 0.5) is 0 Å². The highest BCUT2D eigenvalue weighted by Crippen LogP contribution is 1.84. The zero-order chi connectivity index (χ0) is 26.5. The number of aliphatic carboxylic acids is 1. The maximum Gasteiger partial charge on any atom is 0.300 e. The first-order valence-corrected chi connectivity index (χ1v) is 11.9. The molecule has 0 spiro atoms. The Hall–Kier alpha value is -1.36. The molecule has 0 aromatic rings. The maximum atomic E-state index is 9.14. The Morgan fingerprint density at radius 2 is 1.21 bits per heavy atom. The standard InChI is InChI=1S/C8H17NO2.C5H11N.C4H9N.C2H4O2.C2H6O.C2H6S.7CH4/c1-3-4-5-11-7-8(10)6-9-2;1-3-4-5-6-2;1-3-4-5-2;1-2(3)4;2*1-3-2;;;;;;;/h3-4,8-10H,5-7H2,1-2H3;3-4,6H,5H2,1-2H3;3-5H,1-2H3;1H3,(H,3,4);2*1-2H3;7*1H4. The number of carboxylic acid groups (broad SMARTS) is 1. The Morgan fingerprint density at radius 1 is 0.846 bits per heavy atom. The zero-order valence-corrected chi connectivity index (χ0v) is 23.2. The van der Waals surface area contributed by atoms with Gasteiger partial charge in [-0.2, -0.15) is 11.8 Å². The minimum atomic E-state index is -0.833. The van der Waals surface area contributed by atoms with Crippen LogP contribution in [0.3, 0.4) is 0 Å². The van der Waals surface area contributed by atoms with Gasteiger partial charge in [0.2, 0.25) is 0 Å². The fourth-order valence-electron chi connectivity index (χ4n) is 1.07. The molecule has 0 aliphatic heterocycles. The van der Waals surface area contributed by atoms with E-state index in [9.17, 15) is 0 Å². The number of hydrogen-bond donors (Lipinski definition) is 5. The van der Waals surface area contributed by atoms with E-state index in [2.05, 4.69) is 26.8 Å². The van der Waals surface area contributed by atoms with Gasteiger partial charge in [-0.3, -0.25) is 4.79 Å². The van der Waals surface area contributed by atoms with Crippen LogP contribution < -0.4 is 16.0 Å². The number of allylic oxidation sites excluding steroid dienone is 3. The summed E-state index contributed by atoms with van der Waals surface area (Å²) in [6.45, 7) is 9.54. The van der Waals surface area contributed by atoms with Gasteiger partial charge in [0.25, 0.3) is 5.97 Å². The average Bonchev–Trinajstić information content (AvgIpc) is 2.72. The molecule has 0 heterocycles. The van der Waals surface area contributed by atoms with Gasteiger partial charge in [-0.05, 0) is 53.6 Å². The van der Waals surface area contributed by atoms with E-state index in [1.54, 1.807) is 33.0 Å². The van der Waals surface area contributed by atoms with Crippen LogP contribution in [0.25, 0.3) is 0 Å². The van der Waals surface area contributed by atoms with E-state index in [0.29, 0.717) is 19.8 Å². The molecule has 0 bridgehead atoms. The van der Waals surface area contributed by atoms with Gasteiger partial charge in [-0.1, -0.05) is 82.4 Å². The van der Waals surface area contributed by atoms with Crippen molar-refractivity contribution < 1.29 is 24.5 Å². The summed E-state index contributed by atoms with van der Waals surface area (Å²) < 4.78 is 9.36. The lowest BCUT2D eigenvalue weighted by Crippen LogP contribution is -2.27. The first kappa shape index (κ1) is 83.2. The number of methoxy groups -OCH3 is 1. The fourth-order valence-corrected chi connectivity index (χ4v) is 1.07. The number of thioether (sulfide) groups is 1. The van der Waals surface area contributed by atoms with E-state index in [4.69, 9.17) is 19.7 Å². The van der Waals surface area contributed by atoms with Gasteiger partial charge in [0.15, 0.2) is 0 Å². The number of likely N-dealkylation sites (N-methyl/N-ethyl adjacent to an activating group) is 2. The van der Waals surface area contributed by atoms with Crippen LogP contribution in [0.5, 0.6) is 0 Å². The number of aliphatic hydroxyl groups excluding tert-OH is 1. The van der Waals surface area contributed by atoms with Crippen LogP contribution in [0, 0.1) is 0 Å². The number of rotatable bonds is 9. The molecule has 0 saturated heterocycles. The summed E-state index contributed by atoms with van der Waals surface area (Å²) in [5, 5.41) is 25.2.